The molecule has 120 valence electrons. The molecule has 0 bridgehead atoms. The zero-order chi connectivity index (χ0) is 16.8. The van der Waals surface area contributed by atoms with Gasteiger partial charge in [-0.15, -0.1) is 0 Å². The van der Waals surface area contributed by atoms with Crippen molar-refractivity contribution in [2.24, 2.45) is 5.10 Å². The smallest absolute Gasteiger partial charge is 0.252 e. The Morgan fingerprint density at radius 1 is 1.12 bits per heavy atom. The molecule has 1 aromatic heterocycles. The summed E-state index contributed by atoms with van der Waals surface area (Å²) in [5.74, 6) is 0.308. The van der Waals surface area contributed by atoms with Crippen molar-refractivity contribution in [3.8, 4) is 11.3 Å². The number of anilines is 1. The second-order valence-corrected chi connectivity index (χ2v) is 5.31. The molecule has 0 saturated carbocycles. The summed E-state index contributed by atoms with van der Waals surface area (Å²) in [6.45, 7) is 2.12. The lowest BCUT2D eigenvalue weighted by molar-refractivity contribution is 1.09. The van der Waals surface area contributed by atoms with Crippen LogP contribution in [0.3, 0.4) is 0 Å². The summed E-state index contributed by atoms with van der Waals surface area (Å²) >= 11 is 0. The number of hydrazone groups is 1. The van der Waals surface area contributed by atoms with Crippen LogP contribution in [0.15, 0.2) is 70.6 Å². The van der Waals surface area contributed by atoms with Crippen molar-refractivity contribution in [2.45, 2.75) is 13.3 Å². The summed E-state index contributed by atoms with van der Waals surface area (Å²) in [4.78, 5) is 18.8. The van der Waals surface area contributed by atoms with E-state index >= 15 is 0 Å². The first kappa shape index (κ1) is 15.7. The molecule has 5 nitrogen and oxygen atoms in total. The topological polar surface area (TPSA) is 70.1 Å². The molecule has 5 heteroatoms. The predicted molar refractivity (Wildman–Crippen MR) is 97.3 cm³/mol. The fourth-order valence-corrected chi connectivity index (χ4v) is 2.27. The second kappa shape index (κ2) is 7.37. The number of benzene rings is 2. The quantitative estimate of drug-likeness (QED) is 0.559. The van der Waals surface area contributed by atoms with Crippen LogP contribution in [0.5, 0.6) is 0 Å². The van der Waals surface area contributed by atoms with Crippen molar-refractivity contribution >= 4 is 12.2 Å². The van der Waals surface area contributed by atoms with E-state index in [1.54, 1.807) is 6.21 Å². The average molecular weight is 318 g/mol. The van der Waals surface area contributed by atoms with Crippen LogP contribution in [0.25, 0.3) is 11.3 Å². The molecule has 0 amide bonds. The number of nitrogens with zero attached hydrogens (tertiary/aromatic N) is 2. The van der Waals surface area contributed by atoms with Crippen LogP contribution in [0, 0.1) is 0 Å². The van der Waals surface area contributed by atoms with Gasteiger partial charge in [0, 0.05) is 11.6 Å². The first-order valence-corrected chi connectivity index (χ1v) is 7.79. The average Bonchev–Trinajstić information content (AvgIpc) is 2.63. The predicted octanol–water partition coefficient (Wildman–Crippen LogP) is 3.45. The van der Waals surface area contributed by atoms with Crippen LogP contribution in [0.4, 0.5) is 5.95 Å². The van der Waals surface area contributed by atoms with Gasteiger partial charge < -0.3 is 0 Å². The van der Waals surface area contributed by atoms with Gasteiger partial charge in [-0.25, -0.2) is 10.4 Å². The van der Waals surface area contributed by atoms with E-state index in [0.29, 0.717) is 11.6 Å². The molecule has 0 radical (unpaired) electrons. The molecular weight excluding hydrogens is 300 g/mol. The molecule has 0 spiro atoms. The number of rotatable bonds is 5. The first-order valence-electron chi connectivity index (χ1n) is 7.79. The van der Waals surface area contributed by atoms with Crippen LogP contribution in [-0.4, -0.2) is 16.2 Å². The van der Waals surface area contributed by atoms with Crippen molar-refractivity contribution < 1.29 is 0 Å². The van der Waals surface area contributed by atoms with Gasteiger partial charge in [0.15, 0.2) is 0 Å². The van der Waals surface area contributed by atoms with Crippen molar-refractivity contribution in [3.05, 3.63) is 82.1 Å². The summed E-state index contributed by atoms with van der Waals surface area (Å²) in [6.07, 6.45) is 2.70. The van der Waals surface area contributed by atoms with E-state index in [9.17, 15) is 4.79 Å². The van der Waals surface area contributed by atoms with Crippen molar-refractivity contribution in [3.63, 3.8) is 0 Å². The SMILES string of the molecule is CCc1ccc(/C=N\Nc2nc(-c3ccccc3)cc(=O)[nH]2)cc1. The van der Waals surface area contributed by atoms with Gasteiger partial charge >= 0.3 is 0 Å². The molecule has 2 aromatic carbocycles. The van der Waals surface area contributed by atoms with Crippen LogP contribution in [0.2, 0.25) is 0 Å². The number of aromatic nitrogens is 2. The van der Waals surface area contributed by atoms with Gasteiger partial charge in [-0.05, 0) is 17.5 Å². The van der Waals surface area contributed by atoms with E-state index in [1.807, 2.05) is 42.5 Å². The highest BCUT2D eigenvalue weighted by atomic mass is 16.1. The molecule has 3 aromatic rings. The molecule has 0 aliphatic heterocycles. The Hall–Kier alpha value is -3.21. The Kier molecular flexibility index (Phi) is 4.81. The number of hydrogen-bond acceptors (Lipinski definition) is 4. The minimum Gasteiger partial charge on any atom is -0.291 e. The Morgan fingerprint density at radius 3 is 2.58 bits per heavy atom. The normalized spacial score (nSPS) is 10.9. The summed E-state index contributed by atoms with van der Waals surface area (Å²) in [7, 11) is 0. The van der Waals surface area contributed by atoms with Gasteiger partial charge in [-0.1, -0.05) is 61.5 Å². The fourth-order valence-electron chi connectivity index (χ4n) is 2.27. The Morgan fingerprint density at radius 2 is 1.88 bits per heavy atom. The lowest BCUT2D eigenvalue weighted by Gasteiger charge is -2.03. The Bertz CT molecular complexity index is 883. The summed E-state index contributed by atoms with van der Waals surface area (Å²) in [6, 6.07) is 19.1. The van der Waals surface area contributed by atoms with E-state index in [-0.39, 0.29) is 5.56 Å². The standard InChI is InChI=1S/C19H18N4O/c1-2-14-8-10-15(11-9-14)13-20-23-19-21-17(12-18(24)22-19)16-6-4-3-5-7-16/h3-13H,2H2,1H3,(H2,21,22,23,24)/b20-13-. The molecule has 24 heavy (non-hydrogen) atoms. The fraction of sp³-hybridized carbons (Fsp3) is 0.105. The lowest BCUT2D eigenvalue weighted by atomic mass is 10.1. The number of aromatic amines is 1. The molecule has 0 aliphatic carbocycles. The van der Waals surface area contributed by atoms with E-state index in [1.165, 1.54) is 11.6 Å². The Balaban J connectivity index is 1.76. The highest BCUT2D eigenvalue weighted by Gasteiger charge is 2.02. The molecule has 0 aliphatic rings. The molecule has 3 rings (SSSR count). The summed E-state index contributed by atoms with van der Waals surface area (Å²) < 4.78 is 0. The third-order valence-electron chi connectivity index (χ3n) is 3.58. The van der Waals surface area contributed by atoms with Crippen LogP contribution in [0.1, 0.15) is 18.1 Å². The minimum atomic E-state index is -0.228. The second-order valence-electron chi connectivity index (χ2n) is 5.31. The molecule has 2 N–H and O–H groups in total. The first-order chi connectivity index (χ1) is 11.7. The van der Waals surface area contributed by atoms with Gasteiger partial charge in [0.1, 0.15) is 0 Å². The third-order valence-corrected chi connectivity index (χ3v) is 3.58. The van der Waals surface area contributed by atoms with Crippen molar-refractivity contribution in [1.82, 2.24) is 9.97 Å². The molecule has 1 heterocycles. The molecular formula is C19H18N4O. The lowest BCUT2D eigenvalue weighted by Crippen LogP contribution is -2.10. The van der Waals surface area contributed by atoms with Gasteiger partial charge in [-0.2, -0.15) is 5.10 Å². The van der Waals surface area contributed by atoms with Gasteiger partial charge in [0.2, 0.25) is 5.95 Å². The number of H-pyrrole nitrogens is 1. The maximum Gasteiger partial charge on any atom is 0.252 e. The van der Waals surface area contributed by atoms with Gasteiger partial charge in [0.25, 0.3) is 5.56 Å². The number of aryl methyl sites for hydroxylation is 1. The molecule has 0 saturated heterocycles. The molecule has 0 atom stereocenters. The molecule has 0 fully saturated rings. The molecule has 0 unspecified atom stereocenters. The minimum absolute atomic E-state index is 0.228. The van der Waals surface area contributed by atoms with E-state index in [2.05, 4.69) is 39.6 Å². The largest absolute Gasteiger partial charge is 0.291 e. The highest BCUT2D eigenvalue weighted by Crippen LogP contribution is 2.15. The summed E-state index contributed by atoms with van der Waals surface area (Å²) in [5, 5.41) is 4.14. The van der Waals surface area contributed by atoms with E-state index < -0.39 is 0 Å². The van der Waals surface area contributed by atoms with Gasteiger partial charge in [-0.3, -0.25) is 9.78 Å². The van der Waals surface area contributed by atoms with E-state index in [4.69, 9.17) is 0 Å². The monoisotopic (exact) mass is 318 g/mol. The number of hydrogen-bond donors (Lipinski definition) is 2. The summed E-state index contributed by atoms with van der Waals surface area (Å²) in [5.41, 5.74) is 6.28. The van der Waals surface area contributed by atoms with Crippen molar-refractivity contribution in [1.29, 1.82) is 0 Å². The van der Waals surface area contributed by atoms with E-state index in [0.717, 1.165) is 17.5 Å². The Labute approximate surface area is 140 Å². The third kappa shape index (κ3) is 3.95. The number of nitrogens with one attached hydrogen (secondary N) is 2. The highest BCUT2D eigenvalue weighted by molar-refractivity contribution is 5.80. The maximum absolute atomic E-state index is 11.8. The van der Waals surface area contributed by atoms with Gasteiger partial charge in [0.05, 0.1) is 11.9 Å². The zero-order valence-electron chi connectivity index (χ0n) is 13.4. The van der Waals surface area contributed by atoms with Crippen LogP contribution in [-0.2, 0) is 6.42 Å². The van der Waals surface area contributed by atoms with Crippen LogP contribution < -0.4 is 11.0 Å². The maximum atomic E-state index is 11.8. The van der Waals surface area contributed by atoms with Crippen LogP contribution >= 0.6 is 0 Å². The van der Waals surface area contributed by atoms with Crippen molar-refractivity contribution in [2.75, 3.05) is 5.43 Å². The zero-order valence-corrected chi connectivity index (χ0v) is 13.4.